The first-order chi connectivity index (χ1) is 13.9. The summed E-state index contributed by atoms with van der Waals surface area (Å²) in [6.45, 7) is 0. The number of rotatable bonds is 7. The molecule has 2 rings (SSSR count). The first kappa shape index (κ1) is 24.5. The van der Waals surface area contributed by atoms with Crippen molar-refractivity contribution in [2.45, 2.75) is 36.3 Å². The average molecular weight is 466 g/mol. The van der Waals surface area contributed by atoms with Crippen molar-refractivity contribution < 1.29 is 57.9 Å². The van der Waals surface area contributed by atoms with Crippen LogP contribution in [0, 0.1) is 0 Å². The Kier molecular flexibility index (Phi) is 5.89. The summed E-state index contributed by atoms with van der Waals surface area (Å²) in [5.41, 5.74) is -0.487. The molecule has 0 saturated heterocycles. The van der Waals surface area contributed by atoms with Gasteiger partial charge in [-0.3, -0.25) is 9.59 Å². The zero-order valence-corrected chi connectivity index (χ0v) is 14.7. The van der Waals surface area contributed by atoms with Gasteiger partial charge >= 0.3 is 29.9 Å². The maximum Gasteiger partial charge on any atom is 0.460 e. The van der Waals surface area contributed by atoms with Crippen LogP contribution in [-0.4, -0.2) is 41.4 Å². The highest BCUT2D eigenvalue weighted by atomic mass is 19.4. The zero-order chi connectivity index (χ0) is 24.0. The third-order valence-electron chi connectivity index (χ3n) is 4.28. The molecule has 0 atom stereocenters. The van der Waals surface area contributed by atoms with Gasteiger partial charge in [0.1, 0.15) is 0 Å². The lowest BCUT2D eigenvalue weighted by Gasteiger charge is -2.36. The monoisotopic (exact) mass is 466 g/mol. The lowest BCUT2D eigenvalue weighted by molar-refractivity contribution is -0.416. The molecule has 0 aromatic heterocycles. The second-order valence-corrected chi connectivity index (χ2v) is 6.38. The molecule has 0 saturated carbocycles. The number of halogens is 11. The number of fused-ring (bicyclic) bond motifs is 1. The summed E-state index contributed by atoms with van der Waals surface area (Å²) in [7, 11) is 0. The lowest BCUT2D eigenvalue weighted by atomic mass is 9.92. The van der Waals surface area contributed by atoms with Crippen LogP contribution in [0.5, 0.6) is 0 Å². The van der Waals surface area contributed by atoms with Gasteiger partial charge in [0.2, 0.25) is 5.78 Å². The van der Waals surface area contributed by atoms with Gasteiger partial charge in [-0.15, -0.1) is 0 Å². The highest BCUT2D eigenvalue weighted by Gasteiger charge is 2.88. The van der Waals surface area contributed by atoms with Gasteiger partial charge in [0.05, 0.1) is 6.42 Å². The molecule has 0 fully saturated rings. The average Bonchev–Trinajstić information content (AvgIpc) is 2.66. The van der Waals surface area contributed by atoms with E-state index in [-0.39, 0.29) is 0 Å². The maximum absolute atomic E-state index is 13.7. The van der Waals surface area contributed by atoms with Gasteiger partial charge in [0, 0.05) is 5.56 Å². The van der Waals surface area contributed by atoms with E-state index < -0.39 is 53.4 Å². The smallest absolute Gasteiger partial charge is 0.294 e. The predicted octanol–water partition coefficient (Wildman–Crippen LogP) is 6.09. The number of carbonyl (C=O) groups is 2. The molecule has 2 nitrogen and oxygen atoms in total. The molecular weight excluding hydrogens is 457 g/mol. The van der Waals surface area contributed by atoms with Crippen LogP contribution in [0.1, 0.15) is 16.8 Å². The van der Waals surface area contributed by atoms with Crippen LogP contribution >= 0.6 is 0 Å². The van der Waals surface area contributed by atoms with E-state index in [9.17, 15) is 57.9 Å². The van der Waals surface area contributed by atoms with Gasteiger partial charge in [0.25, 0.3) is 0 Å². The largest absolute Gasteiger partial charge is 0.460 e. The fourth-order valence-electron chi connectivity index (χ4n) is 2.47. The zero-order valence-electron chi connectivity index (χ0n) is 14.7. The molecule has 0 aliphatic heterocycles. The number of Topliss-reactive ketones (excluding diaryl/α,β-unsaturated/α-hetero) is 2. The van der Waals surface area contributed by atoms with Crippen molar-refractivity contribution in [3.63, 3.8) is 0 Å². The van der Waals surface area contributed by atoms with Crippen LogP contribution in [0.15, 0.2) is 42.5 Å². The molecular formula is C18H9F11O2. The fraction of sp³-hybridized carbons (Fsp3) is 0.333. The molecule has 13 heteroatoms. The lowest BCUT2D eigenvalue weighted by Crippen LogP contribution is -2.68. The third kappa shape index (κ3) is 3.85. The number of benzene rings is 2. The highest BCUT2D eigenvalue weighted by Crippen LogP contribution is 2.57. The van der Waals surface area contributed by atoms with E-state index in [0.717, 1.165) is 12.1 Å². The van der Waals surface area contributed by atoms with Crippen LogP contribution < -0.4 is 0 Å². The summed E-state index contributed by atoms with van der Waals surface area (Å²) in [5, 5.41) is 0.880. The van der Waals surface area contributed by atoms with E-state index in [1.165, 1.54) is 18.2 Å². The summed E-state index contributed by atoms with van der Waals surface area (Å²) in [6.07, 6.45) is -9.49. The predicted molar refractivity (Wildman–Crippen MR) is 83.7 cm³/mol. The molecule has 0 spiro atoms. The van der Waals surface area contributed by atoms with E-state index in [1.54, 1.807) is 12.1 Å². The minimum atomic E-state index is -7.70. The molecule has 170 valence electrons. The second kappa shape index (κ2) is 7.45. The van der Waals surface area contributed by atoms with Crippen molar-refractivity contribution in [2.75, 3.05) is 0 Å². The molecule has 0 unspecified atom stereocenters. The maximum atomic E-state index is 13.7. The molecule has 0 aliphatic rings. The number of carbonyl (C=O) groups excluding carboxylic acids is 2. The Bertz CT molecular complexity index is 1010. The first-order valence-corrected chi connectivity index (χ1v) is 8.01. The Hall–Kier alpha value is -2.73. The van der Waals surface area contributed by atoms with Crippen molar-refractivity contribution in [3.8, 4) is 0 Å². The number of hydrogen-bond donors (Lipinski definition) is 0. The molecule has 0 radical (unpaired) electrons. The number of hydrogen-bond acceptors (Lipinski definition) is 2. The summed E-state index contributed by atoms with van der Waals surface area (Å²) >= 11 is 0. The Morgan fingerprint density at radius 3 is 1.68 bits per heavy atom. The van der Waals surface area contributed by atoms with Gasteiger partial charge in [-0.25, -0.2) is 0 Å². The van der Waals surface area contributed by atoms with E-state index in [2.05, 4.69) is 0 Å². The summed E-state index contributed by atoms with van der Waals surface area (Å²) in [5.74, 6) is -34.3. The van der Waals surface area contributed by atoms with Gasteiger partial charge in [0.15, 0.2) is 5.78 Å². The van der Waals surface area contributed by atoms with Crippen molar-refractivity contribution in [1.29, 1.82) is 0 Å². The first-order valence-electron chi connectivity index (χ1n) is 8.01. The molecule has 2 aromatic carbocycles. The molecule has 0 aliphatic carbocycles. The van der Waals surface area contributed by atoms with E-state index in [0.29, 0.717) is 10.8 Å². The van der Waals surface area contributed by atoms with Gasteiger partial charge in [-0.1, -0.05) is 36.4 Å². The Balaban J connectivity index is 2.34. The molecule has 0 heterocycles. The molecule has 2 aromatic rings. The quantitative estimate of drug-likeness (QED) is 0.282. The van der Waals surface area contributed by atoms with Crippen LogP contribution in [0.25, 0.3) is 10.8 Å². The summed E-state index contributed by atoms with van der Waals surface area (Å²) < 4.78 is 143. The standard InChI is InChI=1S/C18H9F11O2/c19-14(20,15(21,22)16(23,24)17(25,26)18(27,28)29)13(31)8-12(30)11-6-5-9-3-1-2-4-10(9)7-11/h1-7H,8H2. The SMILES string of the molecule is O=C(CC(=O)C(F)(F)C(F)(F)C(F)(F)C(F)(F)C(F)(F)F)c1ccc2ccccc2c1. The van der Waals surface area contributed by atoms with Gasteiger partial charge in [-0.2, -0.15) is 48.3 Å². The molecule has 31 heavy (non-hydrogen) atoms. The molecule has 0 amide bonds. The third-order valence-corrected chi connectivity index (χ3v) is 4.28. The van der Waals surface area contributed by atoms with Crippen molar-refractivity contribution in [3.05, 3.63) is 48.0 Å². The van der Waals surface area contributed by atoms with E-state index in [1.807, 2.05) is 0 Å². The Morgan fingerprint density at radius 2 is 1.16 bits per heavy atom. The molecule has 0 bridgehead atoms. The Morgan fingerprint density at radius 1 is 0.645 bits per heavy atom. The summed E-state index contributed by atoms with van der Waals surface area (Å²) in [6, 6.07) is 9.40. The highest BCUT2D eigenvalue weighted by molar-refractivity contribution is 6.11. The minimum Gasteiger partial charge on any atom is -0.294 e. The van der Waals surface area contributed by atoms with Crippen LogP contribution in [0.4, 0.5) is 48.3 Å². The Labute approximate surface area is 165 Å². The van der Waals surface area contributed by atoms with Crippen LogP contribution in [0.2, 0.25) is 0 Å². The van der Waals surface area contributed by atoms with Crippen LogP contribution in [-0.2, 0) is 4.79 Å². The normalized spacial score (nSPS) is 14.0. The van der Waals surface area contributed by atoms with Crippen molar-refractivity contribution in [2.24, 2.45) is 0 Å². The molecule has 0 N–H and O–H groups in total. The van der Waals surface area contributed by atoms with Crippen molar-refractivity contribution in [1.82, 2.24) is 0 Å². The second-order valence-electron chi connectivity index (χ2n) is 6.38. The minimum absolute atomic E-state index is 0.342. The van der Waals surface area contributed by atoms with Gasteiger partial charge < -0.3 is 0 Å². The van der Waals surface area contributed by atoms with Crippen LogP contribution in [0.3, 0.4) is 0 Å². The van der Waals surface area contributed by atoms with E-state index >= 15 is 0 Å². The summed E-state index contributed by atoms with van der Waals surface area (Å²) in [4.78, 5) is 23.4. The topological polar surface area (TPSA) is 34.1 Å². The van der Waals surface area contributed by atoms with Gasteiger partial charge in [-0.05, 0) is 16.8 Å². The number of ketones is 2. The van der Waals surface area contributed by atoms with E-state index in [4.69, 9.17) is 0 Å². The number of alkyl halides is 11. The van der Waals surface area contributed by atoms with Crippen molar-refractivity contribution >= 4 is 22.3 Å². The fourth-order valence-corrected chi connectivity index (χ4v) is 2.47.